The van der Waals surface area contributed by atoms with Gasteiger partial charge in [0.05, 0.1) is 0 Å². The minimum Gasteiger partial charge on any atom is -0.298 e. The number of hydrogen-bond acceptors (Lipinski definition) is 1. The van der Waals surface area contributed by atoms with Crippen LogP contribution in [0.15, 0.2) is 23.3 Å². The lowest BCUT2D eigenvalue weighted by atomic mass is 10.1. The molecule has 0 saturated carbocycles. The Morgan fingerprint density at radius 2 is 1.85 bits per heavy atom. The zero-order chi connectivity index (χ0) is 10.1. The third-order valence-electron chi connectivity index (χ3n) is 2.14. The van der Waals surface area contributed by atoms with Gasteiger partial charge in [-0.1, -0.05) is 31.9 Å². The summed E-state index contributed by atoms with van der Waals surface area (Å²) in [6, 6.07) is 0. The molecule has 0 aromatic heterocycles. The minimum absolute atomic E-state index is 0.826. The molecule has 0 aliphatic carbocycles. The highest BCUT2D eigenvalue weighted by molar-refractivity contribution is 5.74. The van der Waals surface area contributed by atoms with Crippen LogP contribution in [0.25, 0.3) is 0 Å². The van der Waals surface area contributed by atoms with E-state index in [0.717, 1.165) is 23.9 Å². The van der Waals surface area contributed by atoms with E-state index in [9.17, 15) is 4.79 Å². The molecule has 0 heterocycles. The molecule has 13 heavy (non-hydrogen) atoms. The molecule has 0 aliphatic rings. The summed E-state index contributed by atoms with van der Waals surface area (Å²) < 4.78 is 0. The molecule has 0 aromatic rings. The van der Waals surface area contributed by atoms with Crippen LogP contribution in [0.3, 0.4) is 0 Å². The van der Waals surface area contributed by atoms with Crippen LogP contribution < -0.4 is 0 Å². The molecule has 1 nitrogen and oxygen atoms in total. The molecule has 0 amide bonds. The molecule has 0 saturated heterocycles. The lowest BCUT2D eigenvalue weighted by molar-refractivity contribution is -0.104. The summed E-state index contributed by atoms with van der Waals surface area (Å²) in [4.78, 5) is 10.4. The van der Waals surface area contributed by atoms with Crippen molar-refractivity contribution in [2.75, 3.05) is 0 Å². The molecule has 0 radical (unpaired) electrons. The molecule has 0 bridgehead atoms. The van der Waals surface area contributed by atoms with Crippen molar-refractivity contribution in [2.24, 2.45) is 0 Å². The Labute approximate surface area is 81.5 Å². The monoisotopic (exact) mass is 180 g/mol. The van der Waals surface area contributed by atoms with Crippen LogP contribution in [0.1, 0.15) is 46.5 Å². The minimum atomic E-state index is 0.826. The van der Waals surface area contributed by atoms with Crippen molar-refractivity contribution in [3.63, 3.8) is 0 Å². The van der Waals surface area contributed by atoms with Crippen LogP contribution in [-0.2, 0) is 4.79 Å². The summed E-state index contributed by atoms with van der Waals surface area (Å²) in [6.07, 6.45) is 10.0. The Morgan fingerprint density at radius 3 is 2.38 bits per heavy atom. The maximum atomic E-state index is 10.4. The molecular weight excluding hydrogens is 160 g/mol. The van der Waals surface area contributed by atoms with Gasteiger partial charge in [0.1, 0.15) is 6.29 Å². The van der Waals surface area contributed by atoms with E-state index in [2.05, 4.69) is 13.0 Å². The zero-order valence-electron chi connectivity index (χ0n) is 8.97. The molecule has 74 valence electrons. The number of rotatable bonds is 6. The first-order valence-electron chi connectivity index (χ1n) is 5.01. The largest absolute Gasteiger partial charge is 0.298 e. The van der Waals surface area contributed by atoms with Crippen LogP contribution in [0.5, 0.6) is 0 Å². The lowest BCUT2D eigenvalue weighted by Gasteiger charge is -1.95. The average Bonchev–Trinajstić information content (AvgIpc) is 2.16. The Hall–Kier alpha value is -0.850. The van der Waals surface area contributed by atoms with Crippen LogP contribution in [0, 0.1) is 0 Å². The van der Waals surface area contributed by atoms with Crippen molar-refractivity contribution in [3.05, 3.63) is 23.3 Å². The number of unbranched alkanes of at least 4 members (excludes halogenated alkanes) is 3. The predicted octanol–water partition coefficient (Wildman–Crippen LogP) is 3.66. The maximum Gasteiger partial charge on any atom is 0.146 e. The number of carbonyl (C=O) groups is 1. The summed E-state index contributed by atoms with van der Waals surface area (Å²) in [5.74, 6) is 0. The zero-order valence-corrected chi connectivity index (χ0v) is 8.97. The maximum absolute atomic E-state index is 10.4. The van der Waals surface area contributed by atoms with Gasteiger partial charge in [-0.05, 0) is 37.8 Å². The van der Waals surface area contributed by atoms with Crippen molar-refractivity contribution in [1.82, 2.24) is 0 Å². The molecule has 0 rings (SSSR count). The summed E-state index contributed by atoms with van der Waals surface area (Å²) in [5, 5.41) is 0. The number of allylic oxidation sites excluding steroid dienone is 4. The first-order valence-corrected chi connectivity index (χ1v) is 5.01. The van der Waals surface area contributed by atoms with E-state index >= 15 is 0 Å². The van der Waals surface area contributed by atoms with E-state index in [1.165, 1.54) is 19.3 Å². The van der Waals surface area contributed by atoms with Gasteiger partial charge in [0, 0.05) is 0 Å². The average molecular weight is 180 g/mol. The highest BCUT2D eigenvalue weighted by Crippen LogP contribution is 2.05. The normalized spacial score (nSPS) is 13.2. The Bertz CT molecular complexity index is 199. The van der Waals surface area contributed by atoms with Gasteiger partial charge in [0.25, 0.3) is 0 Å². The summed E-state index contributed by atoms with van der Waals surface area (Å²) in [5.41, 5.74) is 1.90. The number of aldehydes is 1. The quantitative estimate of drug-likeness (QED) is 0.264. The Morgan fingerprint density at radius 1 is 1.15 bits per heavy atom. The standard InChI is InChI=1S/C12H20O/c1-4-5-6-7-8-9-11(2)12(3)10-13/h8-10H,4-7H2,1-3H3. The van der Waals surface area contributed by atoms with E-state index in [0.29, 0.717) is 0 Å². The second kappa shape index (κ2) is 7.78. The van der Waals surface area contributed by atoms with Crippen molar-refractivity contribution < 1.29 is 4.79 Å². The fraction of sp³-hybridized carbons (Fsp3) is 0.583. The van der Waals surface area contributed by atoms with Crippen molar-refractivity contribution in [3.8, 4) is 0 Å². The highest BCUT2D eigenvalue weighted by Gasteiger charge is 1.89. The van der Waals surface area contributed by atoms with Gasteiger partial charge in [-0.25, -0.2) is 0 Å². The van der Waals surface area contributed by atoms with E-state index in [-0.39, 0.29) is 0 Å². The Kier molecular flexibility index (Phi) is 7.27. The van der Waals surface area contributed by atoms with Gasteiger partial charge in [-0.2, -0.15) is 0 Å². The van der Waals surface area contributed by atoms with Crippen LogP contribution in [0.4, 0.5) is 0 Å². The topological polar surface area (TPSA) is 17.1 Å². The predicted molar refractivity (Wildman–Crippen MR) is 57.7 cm³/mol. The van der Waals surface area contributed by atoms with Crippen LogP contribution in [0.2, 0.25) is 0 Å². The van der Waals surface area contributed by atoms with Gasteiger partial charge < -0.3 is 0 Å². The molecule has 0 unspecified atom stereocenters. The van der Waals surface area contributed by atoms with Crippen molar-refractivity contribution in [1.29, 1.82) is 0 Å². The lowest BCUT2D eigenvalue weighted by Crippen LogP contribution is -1.81. The molecule has 0 fully saturated rings. The summed E-state index contributed by atoms with van der Waals surface area (Å²) in [7, 11) is 0. The van der Waals surface area contributed by atoms with Gasteiger partial charge in [-0.15, -0.1) is 0 Å². The third-order valence-corrected chi connectivity index (χ3v) is 2.14. The molecule has 0 aromatic carbocycles. The van der Waals surface area contributed by atoms with Gasteiger partial charge >= 0.3 is 0 Å². The first kappa shape index (κ1) is 12.2. The van der Waals surface area contributed by atoms with E-state index in [4.69, 9.17) is 0 Å². The van der Waals surface area contributed by atoms with E-state index in [1.807, 2.05) is 19.9 Å². The SMILES string of the molecule is CCCCCC=CC(C)=C(C)C=O. The summed E-state index contributed by atoms with van der Waals surface area (Å²) >= 11 is 0. The van der Waals surface area contributed by atoms with Crippen LogP contribution >= 0.6 is 0 Å². The number of hydrogen-bond donors (Lipinski definition) is 0. The molecular formula is C12H20O. The Balaban J connectivity index is 3.78. The third kappa shape index (κ3) is 6.32. The smallest absolute Gasteiger partial charge is 0.146 e. The van der Waals surface area contributed by atoms with Gasteiger partial charge in [-0.3, -0.25) is 4.79 Å². The highest BCUT2D eigenvalue weighted by atomic mass is 16.1. The fourth-order valence-corrected chi connectivity index (χ4v) is 0.997. The van der Waals surface area contributed by atoms with E-state index in [1.54, 1.807) is 0 Å². The number of carbonyl (C=O) groups excluding carboxylic acids is 1. The fourth-order valence-electron chi connectivity index (χ4n) is 0.997. The summed E-state index contributed by atoms with van der Waals surface area (Å²) in [6.45, 7) is 6.02. The van der Waals surface area contributed by atoms with Gasteiger partial charge in [0.15, 0.2) is 0 Å². The molecule has 0 spiro atoms. The van der Waals surface area contributed by atoms with Crippen molar-refractivity contribution in [2.45, 2.75) is 46.5 Å². The first-order chi connectivity index (χ1) is 6.22. The van der Waals surface area contributed by atoms with Crippen molar-refractivity contribution >= 4 is 6.29 Å². The molecule has 0 aliphatic heterocycles. The van der Waals surface area contributed by atoms with E-state index < -0.39 is 0 Å². The second-order valence-electron chi connectivity index (χ2n) is 3.38. The molecule has 0 atom stereocenters. The molecule has 1 heteroatoms. The van der Waals surface area contributed by atoms with Crippen LogP contribution in [-0.4, -0.2) is 6.29 Å². The second-order valence-corrected chi connectivity index (χ2v) is 3.38. The van der Waals surface area contributed by atoms with Gasteiger partial charge in [0.2, 0.25) is 0 Å². The molecule has 0 N–H and O–H groups in total.